The summed E-state index contributed by atoms with van der Waals surface area (Å²) in [6, 6.07) is 17.9. The fraction of sp³-hybridized carbons (Fsp3) is 0.0526. The van der Waals surface area contributed by atoms with Crippen LogP contribution in [0, 0.1) is 0 Å². The first-order valence-corrected chi connectivity index (χ1v) is 7.28. The van der Waals surface area contributed by atoms with Crippen LogP contribution in [0.4, 0.5) is 0 Å². The average Bonchev–Trinajstić information content (AvgIpc) is 3.03. The highest BCUT2D eigenvalue weighted by Gasteiger charge is 2.02. The largest absolute Gasteiger partial charge is 0.478 e. The number of aliphatic carboxylic acids is 1. The van der Waals surface area contributed by atoms with Crippen molar-refractivity contribution >= 4 is 12.0 Å². The predicted octanol–water partition coefficient (Wildman–Crippen LogP) is 3.70. The van der Waals surface area contributed by atoms with Gasteiger partial charge in [-0.25, -0.2) is 9.78 Å². The third-order valence-electron chi connectivity index (χ3n) is 3.47. The minimum atomic E-state index is -0.944. The van der Waals surface area contributed by atoms with Crippen LogP contribution in [-0.2, 0) is 11.3 Å². The number of hydrogen-bond donors (Lipinski definition) is 1. The van der Waals surface area contributed by atoms with E-state index in [9.17, 15) is 4.79 Å². The highest BCUT2D eigenvalue weighted by Crippen LogP contribution is 2.17. The number of nitrogens with zero attached hydrogens (tertiary/aromatic N) is 2. The third kappa shape index (κ3) is 3.95. The smallest absolute Gasteiger partial charge is 0.328 e. The fourth-order valence-corrected chi connectivity index (χ4v) is 2.32. The molecule has 0 amide bonds. The normalized spacial score (nSPS) is 11.0. The minimum absolute atomic E-state index is 0.725. The summed E-state index contributed by atoms with van der Waals surface area (Å²) in [6.45, 7) is 0.725. The van der Waals surface area contributed by atoms with Crippen molar-refractivity contribution in [3.05, 3.63) is 84.3 Å². The molecule has 4 nitrogen and oxygen atoms in total. The van der Waals surface area contributed by atoms with E-state index in [2.05, 4.69) is 4.98 Å². The molecular formula is C19H16N2O2. The molecule has 0 saturated heterocycles. The topological polar surface area (TPSA) is 55.1 Å². The number of carbonyl (C=O) groups is 1. The Kier molecular flexibility index (Phi) is 4.34. The summed E-state index contributed by atoms with van der Waals surface area (Å²) in [4.78, 5) is 14.9. The zero-order valence-corrected chi connectivity index (χ0v) is 12.5. The van der Waals surface area contributed by atoms with Gasteiger partial charge < -0.3 is 9.67 Å². The van der Waals surface area contributed by atoms with Crippen LogP contribution in [0.3, 0.4) is 0 Å². The molecule has 0 fully saturated rings. The van der Waals surface area contributed by atoms with Crippen LogP contribution in [0.25, 0.3) is 17.3 Å². The van der Waals surface area contributed by atoms with Crippen molar-refractivity contribution in [3.8, 4) is 11.3 Å². The highest BCUT2D eigenvalue weighted by molar-refractivity contribution is 5.85. The van der Waals surface area contributed by atoms with Gasteiger partial charge in [-0.05, 0) is 17.2 Å². The van der Waals surface area contributed by atoms with Gasteiger partial charge in [0, 0.05) is 24.4 Å². The van der Waals surface area contributed by atoms with E-state index in [0.717, 1.165) is 35.0 Å². The van der Waals surface area contributed by atoms with Crippen molar-refractivity contribution in [2.24, 2.45) is 0 Å². The Morgan fingerprint density at radius 3 is 2.52 bits per heavy atom. The van der Waals surface area contributed by atoms with Gasteiger partial charge in [0.1, 0.15) is 0 Å². The van der Waals surface area contributed by atoms with E-state index in [-0.39, 0.29) is 0 Å². The molecule has 3 rings (SSSR count). The molecule has 0 saturated carbocycles. The molecule has 0 unspecified atom stereocenters. The van der Waals surface area contributed by atoms with Gasteiger partial charge in [-0.2, -0.15) is 0 Å². The van der Waals surface area contributed by atoms with Crippen molar-refractivity contribution in [2.45, 2.75) is 6.54 Å². The summed E-state index contributed by atoms with van der Waals surface area (Å²) < 4.78 is 2.03. The van der Waals surface area contributed by atoms with Crippen LogP contribution in [0.2, 0.25) is 0 Å². The second-order valence-corrected chi connectivity index (χ2v) is 5.21. The van der Waals surface area contributed by atoms with Crippen LogP contribution in [-0.4, -0.2) is 20.6 Å². The second kappa shape index (κ2) is 6.75. The Hall–Kier alpha value is -3.14. The Bertz CT molecular complexity index is 818. The molecular weight excluding hydrogens is 288 g/mol. The second-order valence-electron chi connectivity index (χ2n) is 5.21. The molecule has 4 heteroatoms. The summed E-state index contributed by atoms with van der Waals surface area (Å²) in [5.74, 6) is -0.944. The van der Waals surface area contributed by atoms with Crippen LogP contribution >= 0.6 is 0 Å². The maximum absolute atomic E-state index is 10.5. The Balaban J connectivity index is 1.70. The van der Waals surface area contributed by atoms with Crippen molar-refractivity contribution < 1.29 is 9.90 Å². The number of imidazole rings is 1. The molecule has 1 N–H and O–H groups in total. The van der Waals surface area contributed by atoms with E-state index in [1.165, 1.54) is 0 Å². The van der Waals surface area contributed by atoms with Crippen molar-refractivity contribution in [1.82, 2.24) is 9.55 Å². The summed E-state index contributed by atoms with van der Waals surface area (Å²) >= 11 is 0. The number of benzene rings is 2. The van der Waals surface area contributed by atoms with Crippen LogP contribution in [0.15, 0.2) is 73.2 Å². The zero-order chi connectivity index (χ0) is 16.1. The van der Waals surface area contributed by atoms with Gasteiger partial charge in [0.2, 0.25) is 0 Å². The van der Waals surface area contributed by atoms with Crippen molar-refractivity contribution in [3.63, 3.8) is 0 Å². The maximum atomic E-state index is 10.5. The van der Waals surface area contributed by atoms with Gasteiger partial charge in [-0.15, -0.1) is 0 Å². The van der Waals surface area contributed by atoms with E-state index in [1.807, 2.05) is 71.7 Å². The van der Waals surface area contributed by atoms with Crippen molar-refractivity contribution in [1.29, 1.82) is 0 Å². The van der Waals surface area contributed by atoms with E-state index in [4.69, 9.17) is 5.11 Å². The molecule has 0 aliphatic carbocycles. The Morgan fingerprint density at radius 1 is 1.09 bits per heavy atom. The molecule has 0 atom stereocenters. The van der Waals surface area contributed by atoms with Gasteiger partial charge in [0.25, 0.3) is 0 Å². The molecule has 0 bridgehead atoms. The van der Waals surface area contributed by atoms with Crippen LogP contribution < -0.4 is 0 Å². The van der Waals surface area contributed by atoms with Gasteiger partial charge in [0.05, 0.1) is 12.0 Å². The SMILES string of the molecule is O=C(O)C=Cc1ccc(Cn2cnc(-c3ccccc3)c2)cc1. The molecule has 1 heterocycles. The fourth-order valence-electron chi connectivity index (χ4n) is 2.32. The summed E-state index contributed by atoms with van der Waals surface area (Å²) in [5.41, 5.74) is 4.05. The molecule has 0 radical (unpaired) electrons. The van der Waals surface area contributed by atoms with E-state index in [1.54, 1.807) is 6.08 Å². The molecule has 0 aliphatic heterocycles. The van der Waals surface area contributed by atoms with Gasteiger partial charge in [0.15, 0.2) is 0 Å². The monoisotopic (exact) mass is 304 g/mol. The quantitative estimate of drug-likeness (QED) is 0.731. The average molecular weight is 304 g/mol. The van der Waals surface area contributed by atoms with E-state index in [0.29, 0.717) is 0 Å². The Labute approximate surface area is 134 Å². The van der Waals surface area contributed by atoms with Gasteiger partial charge in [-0.1, -0.05) is 54.6 Å². The molecule has 1 aromatic heterocycles. The third-order valence-corrected chi connectivity index (χ3v) is 3.47. The van der Waals surface area contributed by atoms with E-state index < -0.39 is 5.97 Å². The number of aromatic nitrogens is 2. The Morgan fingerprint density at radius 2 is 1.83 bits per heavy atom. The minimum Gasteiger partial charge on any atom is -0.478 e. The van der Waals surface area contributed by atoms with Crippen LogP contribution in [0.1, 0.15) is 11.1 Å². The highest BCUT2D eigenvalue weighted by atomic mass is 16.4. The molecule has 0 spiro atoms. The summed E-state index contributed by atoms with van der Waals surface area (Å²) in [7, 11) is 0. The van der Waals surface area contributed by atoms with Gasteiger partial charge >= 0.3 is 5.97 Å². The molecule has 0 aliphatic rings. The lowest BCUT2D eigenvalue weighted by atomic mass is 10.1. The number of carboxylic acid groups (broad SMARTS) is 1. The molecule has 2 aromatic carbocycles. The summed E-state index contributed by atoms with van der Waals surface area (Å²) in [6.07, 6.45) is 6.56. The van der Waals surface area contributed by atoms with Crippen LogP contribution in [0.5, 0.6) is 0 Å². The van der Waals surface area contributed by atoms with Gasteiger partial charge in [-0.3, -0.25) is 0 Å². The standard InChI is InChI=1S/C19H16N2O2/c22-19(23)11-10-15-6-8-16(9-7-15)12-21-13-18(20-14-21)17-4-2-1-3-5-17/h1-11,13-14H,12H2,(H,22,23). The first-order valence-electron chi connectivity index (χ1n) is 7.28. The first-order chi connectivity index (χ1) is 11.2. The summed E-state index contributed by atoms with van der Waals surface area (Å²) in [5, 5.41) is 8.62. The lowest BCUT2D eigenvalue weighted by Crippen LogP contribution is -1.96. The molecule has 23 heavy (non-hydrogen) atoms. The maximum Gasteiger partial charge on any atom is 0.328 e. The molecule has 114 valence electrons. The lowest BCUT2D eigenvalue weighted by molar-refractivity contribution is -0.131. The zero-order valence-electron chi connectivity index (χ0n) is 12.5. The van der Waals surface area contributed by atoms with Crippen molar-refractivity contribution in [2.75, 3.05) is 0 Å². The number of hydrogen-bond acceptors (Lipinski definition) is 2. The first kappa shape index (κ1) is 14.8. The number of rotatable bonds is 5. The lowest BCUT2D eigenvalue weighted by Gasteiger charge is -2.03. The predicted molar refractivity (Wildman–Crippen MR) is 89.9 cm³/mol. The van der Waals surface area contributed by atoms with E-state index >= 15 is 0 Å². The number of carboxylic acids is 1. The molecule has 3 aromatic rings.